The van der Waals surface area contributed by atoms with Gasteiger partial charge < -0.3 is 9.73 Å². The molecule has 1 heterocycles. The maximum Gasteiger partial charge on any atom is 0.289 e. The van der Waals surface area contributed by atoms with E-state index in [1.54, 1.807) is 6.92 Å². The SMILES string of the molecule is Cc1ncoc1C(=O)NC1CCCC1. The van der Waals surface area contributed by atoms with Gasteiger partial charge in [0.25, 0.3) is 5.91 Å². The van der Waals surface area contributed by atoms with Crippen molar-refractivity contribution in [1.82, 2.24) is 10.3 Å². The lowest BCUT2D eigenvalue weighted by Crippen LogP contribution is -2.32. The predicted octanol–water partition coefficient (Wildman–Crippen LogP) is 1.66. The second-order valence-corrected chi connectivity index (χ2v) is 3.72. The topological polar surface area (TPSA) is 55.1 Å². The minimum Gasteiger partial charge on any atom is -0.438 e. The summed E-state index contributed by atoms with van der Waals surface area (Å²) in [6.45, 7) is 1.77. The van der Waals surface area contributed by atoms with E-state index in [0.29, 0.717) is 17.5 Å². The first kappa shape index (κ1) is 9.24. The lowest BCUT2D eigenvalue weighted by Gasteiger charge is -2.09. The summed E-state index contributed by atoms with van der Waals surface area (Å²) < 4.78 is 5.01. The van der Waals surface area contributed by atoms with Gasteiger partial charge >= 0.3 is 0 Å². The average Bonchev–Trinajstić information content (AvgIpc) is 2.75. The number of aromatic nitrogens is 1. The van der Waals surface area contributed by atoms with Gasteiger partial charge in [0.15, 0.2) is 6.39 Å². The molecule has 2 rings (SSSR count). The van der Waals surface area contributed by atoms with E-state index in [4.69, 9.17) is 4.42 Å². The van der Waals surface area contributed by atoms with Crippen molar-refractivity contribution in [3.8, 4) is 0 Å². The van der Waals surface area contributed by atoms with Gasteiger partial charge in [-0.15, -0.1) is 0 Å². The first-order valence-electron chi connectivity index (χ1n) is 4.98. The number of oxazole rings is 1. The fourth-order valence-corrected chi connectivity index (χ4v) is 1.84. The summed E-state index contributed by atoms with van der Waals surface area (Å²) in [6.07, 6.45) is 5.89. The van der Waals surface area contributed by atoms with Crippen molar-refractivity contribution in [1.29, 1.82) is 0 Å². The van der Waals surface area contributed by atoms with E-state index in [1.807, 2.05) is 0 Å². The summed E-state index contributed by atoms with van der Waals surface area (Å²) in [5, 5.41) is 2.95. The fourth-order valence-electron chi connectivity index (χ4n) is 1.84. The molecular formula is C10H14N2O2. The Labute approximate surface area is 82.7 Å². The molecular weight excluding hydrogens is 180 g/mol. The Kier molecular flexibility index (Phi) is 2.52. The summed E-state index contributed by atoms with van der Waals surface area (Å²) in [5.74, 6) is 0.212. The van der Waals surface area contributed by atoms with Gasteiger partial charge in [-0.05, 0) is 19.8 Å². The number of amides is 1. The van der Waals surface area contributed by atoms with Crippen LogP contribution in [0, 0.1) is 6.92 Å². The predicted molar refractivity (Wildman–Crippen MR) is 51.0 cm³/mol. The largest absolute Gasteiger partial charge is 0.438 e. The molecule has 1 aromatic rings. The molecule has 1 saturated carbocycles. The minimum absolute atomic E-state index is 0.132. The van der Waals surface area contributed by atoms with E-state index in [-0.39, 0.29) is 5.91 Å². The van der Waals surface area contributed by atoms with E-state index in [0.717, 1.165) is 12.8 Å². The van der Waals surface area contributed by atoms with Crippen LogP contribution >= 0.6 is 0 Å². The van der Waals surface area contributed by atoms with Gasteiger partial charge in [-0.25, -0.2) is 4.98 Å². The monoisotopic (exact) mass is 194 g/mol. The van der Waals surface area contributed by atoms with E-state index in [9.17, 15) is 4.79 Å². The summed E-state index contributed by atoms with van der Waals surface area (Å²) in [5.41, 5.74) is 0.653. The number of aryl methyl sites for hydroxylation is 1. The van der Waals surface area contributed by atoms with Crippen LogP contribution in [0.1, 0.15) is 41.9 Å². The van der Waals surface area contributed by atoms with E-state index >= 15 is 0 Å². The molecule has 1 aliphatic carbocycles. The molecule has 14 heavy (non-hydrogen) atoms. The molecule has 4 nitrogen and oxygen atoms in total. The van der Waals surface area contributed by atoms with Gasteiger partial charge in [-0.2, -0.15) is 0 Å². The van der Waals surface area contributed by atoms with Crippen LogP contribution in [0.4, 0.5) is 0 Å². The third-order valence-electron chi connectivity index (χ3n) is 2.64. The standard InChI is InChI=1S/C10H14N2O2/c1-7-9(14-6-11-7)10(13)12-8-4-2-3-5-8/h6,8H,2-5H2,1H3,(H,12,13). The molecule has 1 fully saturated rings. The molecule has 0 aromatic carbocycles. The third-order valence-corrected chi connectivity index (χ3v) is 2.64. The molecule has 0 saturated heterocycles. The van der Waals surface area contributed by atoms with Crippen LogP contribution in [0.25, 0.3) is 0 Å². The number of carbonyl (C=O) groups is 1. The minimum atomic E-state index is -0.132. The van der Waals surface area contributed by atoms with Crippen LogP contribution in [-0.2, 0) is 0 Å². The molecule has 76 valence electrons. The normalized spacial score (nSPS) is 17.2. The van der Waals surface area contributed by atoms with Crippen molar-refractivity contribution in [2.45, 2.75) is 38.6 Å². The Morgan fingerprint density at radius 2 is 2.29 bits per heavy atom. The highest BCUT2D eigenvalue weighted by atomic mass is 16.3. The summed E-state index contributed by atoms with van der Waals surface area (Å²) >= 11 is 0. The summed E-state index contributed by atoms with van der Waals surface area (Å²) in [7, 11) is 0. The number of hydrogen-bond acceptors (Lipinski definition) is 3. The molecule has 0 atom stereocenters. The van der Waals surface area contributed by atoms with Crippen molar-refractivity contribution in [3.05, 3.63) is 17.8 Å². The maximum absolute atomic E-state index is 11.6. The first-order valence-corrected chi connectivity index (χ1v) is 4.98. The van der Waals surface area contributed by atoms with Crippen LogP contribution in [0.5, 0.6) is 0 Å². The van der Waals surface area contributed by atoms with E-state index < -0.39 is 0 Å². The Balaban J connectivity index is 1.98. The van der Waals surface area contributed by atoms with Gasteiger partial charge in [0.05, 0.1) is 5.69 Å². The molecule has 1 aliphatic rings. The zero-order chi connectivity index (χ0) is 9.97. The van der Waals surface area contributed by atoms with E-state index in [1.165, 1.54) is 19.2 Å². The van der Waals surface area contributed by atoms with Crippen LogP contribution in [0.2, 0.25) is 0 Å². The van der Waals surface area contributed by atoms with Gasteiger partial charge in [-0.3, -0.25) is 4.79 Å². The quantitative estimate of drug-likeness (QED) is 0.778. The smallest absolute Gasteiger partial charge is 0.289 e. The van der Waals surface area contributed by atoms with Crippen molar-refractivity contribution in [2.75, 3.05) is 0 Å². The highest BCUT2D eigenvalue weighted by Gasteiger charge is 2.20. The van der Waals surface area contributed by atoms with Gasteiger partial charge in [0.2, 0.25) is 5.76 Å². The van der Waals surface area contributed by atoms with E-state index in [2.05, 4.69) is 10.3 Å². The lowest BCUT2D eigenvalue weighted by molar-refractivity contribution is 0.0909. The fraction of sp³-hybridized carbons (Fsp3) is 0.600. The van der Waals surface area contributed by atoms with Crippen LogP contribution < -0.4 is 5.32 Å². The maximum atomic E-state index is 11.6. The summed E-state index contributed by atoms with van der Waals surface area (Å²) in [4.78, 5) is 15.5. The van der Waals surface area contributed by atoms with Gasteiger partial charge in [0, 0.05) is 6.04 Å². The number of nitrogens with zero attached hydrogens (tertiary/aromatic N) is 1. The number of nitrogens with one attached hydrogen (secondary N) is 1. The Morgan fingerprint density at radius 1 is 1.57 bits per heavy atom. The second kappa shape index (κ2) is 3.82. The lowest BCUT2D eigenvalue weighted by atomic mass is 10.2. The molecule has 0 spiro atoms. The highest BCUT2D eigenvalue weighted by Crippen LogP contribution is 2.18. The Bertz CT molecular complexity index is 327. The van der Waals surface area contributed by atoms with Crippen molar-refractivity contribution >= 4 is 5.91 Å². The molecule has 0 radical (unpaired) electrons. The Morgan fingerprint density at radius 3 is 2.86 bits per heavy atom. The number of hydrogen-bond donors (Lipinski definition) is 1. The zero-order valence-corrected chi connectivity index (χ0v) is 8.25. The Hall–Kier alpha value is -1.32. The summed E-state index contributed by atoms with van der Waals surface area (Å²) in [6, 6.07) is 0.326. The van der Waals surface area contributed by atoms with Crippen molar-refractivity contribution in [2.24, 2.45) is 0 Å². The van der Waals surface area contributed by atoms with Crippen molar-refractivity contribution in [3.63, 3.8) is 0 Å². The molecule has 1 N–H and O–H groups in total. The molecule has 0 bridgehead atoms. The molecule has 1 aromatic heterocycles. The second-order valence-electron chi connectivity index (χ2n) is 3.72. The molecule has 1 amide bonds. The zero-order valence-electron chi connectivity index (χ0n) is 8.25. The van der Waals surface area contributed by atoms with Crippen LogP contribution in [0.15, 0.2) is 10.8 Å². The van der Waals surface area contributed by atoms with Gasteiger partial charge in [-0.1, -0.05) is 12.8 Å². The molecule has 0 unspecified atom stereocenters. The number of rotatable bonds is 2. The van der Waals surface area contributed by atoms with Crippen LogP contribution in [-0.4, -0.2) is 16.9 Å². The van der Waals surface area contributed by atoms with Crippen molar-refractivity contribution < 1.29 is 9.21 Å². The van der Waals surface area contributed by atoms with Gasteiger partial charge in [0.1, 0.15) is 0 Å². The van der Waals surface area contributed by atoms with Crippen LogP contribution in [0.3, 0.4) is 0 Å². The number of carbonyl (C=O) groups excluding carboxylic acids is 1. The molecule has 4 heteroatoms. The third kappa shape index (κ3) is 1.78. The average molecular weight is 194 g/mol. The first-order chi connectivity index (χ1) is 6.77. The highest BCUT2D eigenvalue weighted by molar-refractivity contribution is 5.92. The molecule has 0 aliphatic heterocycles.